The van der Waals surface area contributed by atoms with Crippen molar-refractivity contribution in [2.75, 3.05) is 24.6 Å². The lowest BCUT2D eigenvalue weighted by atomic mass is 9.98. The number of halogens is 2. The summed E-state index contributed by atoms with van der Waals surface area (Å²) in [5.74, 6) is -0.786. The maximum absolute atomic E-state index is 13.4. The molecule has 1 fully saturated rings. The van der Waals surface area contributed by atoms with Gasteiger partial charge in [-0.1, -0.05) is 0 Å². The van der Waals surface area contributed by atoms with Gasteiger partial charge in [-0.15, -0.1) is 0 Å². The van der Waals surface area contributed by atoms with Gasteiger partial charge in [0.05, 0.1) is 6.20 Å². The lowest BCUT2D eigenvalue weighted by Crippen LogP contribution is -2.35. The lowest BCUT2D eigenvalue weighted by molar-refractivity contribution is 0.202. The highest BCUT2D eigenvalue weighted by molar-refractivity contribution is 5.40. The van der Waals surface area contributed by atoms with Gasteiger partial charge >= 0.3 is 0 Å². The second kappa shape index (κ2) is 4.74. The van der Waals surface area contributed by atoms with Gasteiger partial charge in [0.15, 0.2) is 11.6 Å². The van der Waals surface area contributed by atoms with Gasteiger partial charge in [-0.05, 0) is 18.8 Å². The SMILES string of the molecule is OCC1CCN(c2ncc(F)cc2F)CC1. The molecular formula is C11H14F2N2O. The van der Waals surface area contributed by atoms with Gasteiger partial charge in [-0.2, -0.15) is 0 Å². The minimum Gasteiger partial charge on any atom is -0.396 e. The summed E-state index contributed by atoms with van der Waals surface area (Å²) in [5.41, 5.74) is 0. The second-order valence-corrected chi connectivity index (χ2v) is 4.07. The molecule has 3 nitrogen and oxygen atoms in total. The van der Waals surface area contributed by atoms with Crippen LogP contribution in [0.1, 0.15) is 12.8 Å². The molecule has 0 spiro atoms. The van der Waals surface area contributed by atoms with Crippen molar-refractivity contribution in [2.24, 2.45) is 5.92 Å². The zero-order chi connectivity index (χ0) is 11.5. The van der Waals surface area contributed by atoms with Gasteiger partial charge in [-0.25, -0.2) is 13.8 Å². The van der Waals surface area contributed by atoms with Gasteiger partial charge in [0.25, 0.3) is 0 Å². The van der Waals surface area contributed by atoms with Crippen molar-refractivity contribution >= 4 is 5.82 Å². The zero-order valence-corrected chi connectivity index (χ0v) is 8.87. The molecule has 0 atom stereocenters. The number of hydrogen-bond donors (Lipinski definition) is 1. The van der Waals surface area contributed by atoms with E-state index in [1.165, 1.54) is 0 Å². The van der Waals surface area contributed by atoms with E-state index >= 15 is 0 Å². The van der Waals surface area contributed by atoms with Gasteiger partial charge in [-0.3, -0.25) is 0 Å². The van der Waals surface area contributed by atoms with E-state index in [-0.39, 0.29) is 12.4 Å². The number of aliphatic hydroxyl groups is 1. The summed E-state index contributed by atoms with van der Waals surface area (Å²) in [6.07, 6.45) is 2.65. The van der Waals surface area contributed by atoms with Crippen molar-refractivity contribution in [3.05, 3.63) is 23.9 Å². The molecule has 1 saturated heterocycles. The summed E-state index contributed by atoms with van der Waals surface area (Å²) in [4.78, 5) is 5.56. The molecule has 2 heterocycles. The summed E-state index contributed by atoms with van der Waals surface area (Å²) >= 11 is 0. The number of anilines is 1. The molecule has 0 bridgehead atoms. The van der Waals surface area contributed by atoms with Crippen LogP contribution in [0.4, 0.5) is 14.6 Å². The maximum atomic E-state index is 13.4. The van der Waals surface area contributed by atoms with Crippen molar-refractivity contribution in [3.8, 4) is 0 Å². The van der Waals surface area contributed by atoms with Crippen LogP contribution in [0.5, 0.6) is 0 Å². The van der Waals surface area contributed by atoms with Gasteiger partial charge in [0, 0.05) is 25.8 Å². The Hall–Kier alpha value is -1.23. The molecule has 0 aromatic carbocycles. The monoisotopic (exact) mass is 228 g/mol. The third-order valence-electron chi connectivity index (χ3n) is 2.96. The highest BCUT2D eigenvalue weighted by atomic mass is 19.1. The van der Waals surface area contributed by atoms with Crippen LogP contribution in [0.15, 0.2) is 12.3 Å². The van der Waals surface area contributed by atoms with E-state index in [0.717, 1.165) is 25.1 Å². The molecule has 5 heteroatoms. The molecule has 2 rings (SSSR count). The lowest BCUT2D eigenvalue weighted by Gasteiger charge is -2.32. The fourth-order valence-corrected chi connectivity index (χ4v) is 1.97. The van der Waals surface area contributed by atoms with E-state index in [1.54, 1.807) is 4.90 Å². The van der Waals surface area contributed by atoms with E-state index in [4.69, 9.17) is 5.11 Å². The summed E-state index contributed by atoms with van der Waals surface area (Å²) in [7, 11) is 0. The fourth-order valence-electron chi connectivity index (χ4n) is 1.97. The Kier molecular flexibility index (Phi) is 3.33. The summed E-state index contributed by atoms with van der Waals surface area (Å²) < 4.78 is 26.1. The number of aliphatic hydroxyl groups excluding tert-OH is 1. The van der Waals surface area contributed by atoms with Crippen LogP contribution < -0.4 is 4.90 Å². The topological polar surface area (TPSA) is 36.4 Å². The quantitative estimate of drug-likeness (QED) is 0.834. The van der Waals surface area contributed by atoms with Crippen LogP contribution in [0.3, 0.4) is 0 Å². The predicted molar refractivity (Wildman–Crippen MR) is 56.2 cm³/mol. The molecule has 1 aromatic rings. The van der Waals surface area contributed by atoms with Crippen molar-refractivity contribution in [2.45, 2.75) is 12.8 Å². The van der Waals surface area contributed by atoms with Crippen LogP contribution in [0, 0.1) is 17.6 Å². The molecule has 0 unspecified atom stereocenters. The van der Waals surface area contributed by atoms with Gasteiger partial charge in [0.2, 0.25) is 0 Å². The first kappa shape index (κ1) is 11.3. The first-order valence-electron chi connectivity index (χ1n) is 5.37. The summed E-state index contributed by atoms with van der Waals surface area (Å²) in [6.45, 7) is 1.48. The molecule has 0 saturated carbocycles. The predicted octanol–water partition coefficient (Wildman–Crippen LogP) is 1.57. The molecule has 1 aliphatic rings. The molecule has 1 aliphatic heterocycles. The average molecular weight is 228 g/mol. The Morgan fingerprint density at radius 2 is 2.06 bits per heavy atom. The van der Waals surface area contributed by atoms with Crippen LogP contribution in [-0.2, 0) is 0 Å². The Balaban J connectivity index is 2.08. The molecular weight excluding hydrogens is 214 g/mol. The number of nitrogens with zero attached hydrogens (tertiary/aromatic N) is 2. The largest absolute Gasteiger partial charge is 0.396 e. The Labute approximate surface area is 92.7 Å². The molecule has 0 amide bonds. The number of hydrogen-bond acceptors (Lipinski definition) is 3. The number of pyridine rings is 1. The third kappa shape index (κ3) is 2.29. The molecule has 1 N–H and O–H groups in total. The summed E-state index contributed by atoms with van der Waals surface area (Å²) in [6, 6.07) is 0.848. The first-order chi connectivity index (χ1) is 7.70. The van der Waals surface area contributed by atoms with E-state index in [9.17, 15) is 8.78 Å². The first-order valence-corrected chi connectivity index (χ1v) is 5.37. The Morgan fingerprint density at radius 3 is 2.62 bits per heavy atom. The van der Waals surface area contributed by atoms with E-state index in [0.29, 0.717) is 19.0 Å². The van der Waals surface area contributed by atoms with E-state index < -0.39 is 11.6 Å². The summed E-state index contributed by atoms with van der Waals surface area (Å²) in [5, 5.41) is 8.98. The van der Waals surface area contributed by atoms with Crippen molar-refractivity contribution in [3.63, 3.8) is 0 Å². The van der Waals surface area contributed by atoms with Crippen molar-refractivity contribution < 1.29 is 13.9 Å². The Bertz CT molecular complexity index is 365. The van der Waals surface area contributed by atoms with Crippen molar-refractivity contribution in [1.29, 1.82) is 0 Å². The number of piperidine rings is 1. The van der Waals surface area contributed by atoms with Gasteiger partial charge in [0.1, 0.15) is 5.82 Å². The second-order valence-electron chi connectivity index (χ2n) is 4.07. The molecule has 88 valence electrons. The minimum atomic E-state index is -0.661. The fraction of sp³-hybridized carbons (Fsp3) is 0.545. The standard InChI is InChI=1S/C11H14F2N2O/c12-9-5-10(13)11(14-6-9)15-3-1-8(7-16)2-4-15/h5-6,8,16H,1-4,7H2. The molecule has 1 aromatic heterocycles. The van der Waals surface area contributed by atoms with Crippen LogP contribution in [0.2, 0.25) is 0 Å². The van der Waals surface area contributed by atoms with Crippen LogP contribution >= 0.6 is 0 Å². The maximum Gasteiger partial charge on any atom is 0.168 e. The minimum absolute atomic E-state index is 0.174. The van der Waals surface area contributed by atoms with Crippen LogP contribution in [0.25, 0.3) is 0 Å². The highest BCUT2D eigenvalue weighted by Crippen LogP contribution is 2.23. The normalized spacial score (nSPS) is 17.8. The van der Waals surface area contributed by atoms with Crippen molar-refractivity contribution in [1.82, 2.24) is 4.98 Å². The van der Waals surface area contributed by atoms with Crippen LogP contribution in [-0.4, -0.2) is 29.8 Å². The average Bonchev–Trinajstić information content (AvgIpc) is 2.29. The Morgan fingerprint density at radius 1 is 1.38 bits per heavy atom. The number of aromatic nitrogens is 1. The highest BCUT2D eigenvalue weighted by Gasteiger charge is 2.21. The smallest absolute Gasteiger partial charge is 0.168 e. The third-order valence-corrected chi connectivity index (χ3v) is 2.96. The molecule has 16 heavy (non-hydrogen) atoms. The molecule has 0 radical (unpaired) electrons. The molecule has 0 aliphatic carbocycles. The van der Waals surface area contributed by atoms with E-state index in [2.05, 4.69) is 4.98 Å². The van der Waals surface area contributed by atoms with E-state index in [1.807, 2.05) is 0 Å². The van der Waals surface area contributed by atoms with Gasteiger partial charge < -0.3 is 10.0 Å². The number of rotatable bonds is 2. The zero-order valence-electron chi connectivity index (χ0n) is 8.87.